The predicted octanol–water partition coefficient (Wildman–Crippen LogP) is 7.17. The Balaban J connectivity index is 0.820. The van der Waals surface area contributed by atoms with Crippen LogP contribution in [0, 0.1) is 53.8 Å². The van der Waals surface area contributed by atoms with Gasteiger partial charge in [0.15, 0.2) is 0 Å². The van der Waals surface area contributed by atoms with Gasteiger partial charge in [-0.2, -0.15) is 0 Å². The molecule has 2 saturated heterocycles. The average Bonchev–Trinajstić information content (AvgIpc) is 2.98. The van der Waals surface area contributed by atoms with Gasteiger partial charge in [-0.1, -0.05) is 43.7 Å². The third-order valence-electron chi connectivity index (χ3n) is 13.6. The lowest BCUT2D eigenvalue weighted by molar-refractivity contribution is -0.105. The third kappa shape index (κ3) is 6.98. The summed E-state index contributed by atoms with van der Waals surface area (Å²) in [5.74, 6) is 5.97. The van der Waals surface area contributed by atoms with Crippen molar-refractivity contribution in [2.45, 2.75) is 129 Å². The van der Waals surface area contributed by atoms with E-state index >= 15 is 0 Å². The zero-order valence-corrected chi connectivity index (χ0v) is 28.4. The Labute approximate surface area is 269 Å². The molecule has 0 bridgehead atoms. The molecule has 4 saturated carbocycles. The van der Waals surface area contributed by atoms with Crippen molar-refractivity contribution < 1.29 is 9.47 Å². The van der Waals surface area contributed by atoms with Gasteiger partial charge in [0.1, 0.15) is 0 Å². The fourth-order valence-electron chi connectivity index (χ4n) is 11.0. The first kappa shape index (κ1) is 31.6. The maximum absolute atomic E-state index is 6.48. The molecule has 2 N–H and O–H groups in total. The van der Waals surface area contributed by atoms with E-state index in [2.05, 4.69) is 67.5 Å². The number of fused-ring (bicyclic) bond motifs is 3. The second kappa shape index (κ2) is 13.6. The topological polar surface area (TPSA) is 45.8 Å². The third-order valence-corrected chi connectivity index (χ3v) is 13.6. The Morgan fingerprint density at radius 2 is 1.59 bits per heavy atom. The molecule has 0 radical (unpaired) electrons. The van der Waals surface area contributed by atoms with Crippen LogP contribution in [-0.2, 0) is 16.1 Å². The summed E-state index contributed by atoms with van der Waals surface area (Å²) in [6, 6.07) is 10.2. The van der Waals surface area contributed by atoms with Gasteiger partial charge in [0.05, 0.1) is 25.5 Å². The van der Waals surface area contributed by atoms with Crippen molar-refractivity contribution >= 4 is 0 Å². The molecule has 44 heavy (non-hydrogen) atoms. The average molecular weight is 606 g/mol. The Morgan fingerprint density at radius 3 is 2.34 bits per heavy atom. The van der Waals surface area contributed by atoms with E-state index in [1.165, 1.54) is 94.8 Å². The molecular weight excluding hydrogens is 542 g/mol. The van der Waals surface area contributed by atoms with Crippen molar-refractivity contribution in [1.82, 2.24) is 15.5 Å². The molecule has 6 fully saturated rings. The van der Waals surface area contributed by atoms with Crippen molar-refractivity contribution in [3.8, 4) is 0 Å². The predicted molar refractivity (Wildman–Crippen MR) is 179 cm³/mol. The van der Waals surface area contributed by atoms with Crippen LogP contribution in [-0.4, -0.2) is 62.1 Å². The Bertz CT molecular complexity index is 1050. The molecule has 5 nitrogen and oxygen atoms in total. The molecule has 5 heteroatoms. The Hall–Kier alpha value is -0.980. The van der Waals surface area contributed by atoms with E-state index in [1.54, 1.807) is 0 Å². The molecule has 246 valence electrons. The van der Waals surface area contributed by atoms with E-state index in [0.29, 0.717) is 24.4 Å². The molecule has 7 rings (SSSR count). The highest BCUT2D eigenvalue weighted by atomic mass is 16.5. The first-order valence-corrected chi connectivity index (χ1v) is 18.8. The summed E-state index contributed by atoms with van der Waals surface area (Å²) in [7, 11) is 0. The van der Waals surface area contributed by atoms with E-state index in [4.69, 9.17) is 9.47 Å². The van der Waals surface area contributed by atoms with Crippen LogP contribution in [0.3, 0.4) is 0 Å². The minimum absolute atomic E-state index is 0.420. The van der Waals surface area contributed by atoms with Crippen LogP contribution in [0.1, 0.15) is 103 Å². The zero-order chi connectivity index (χ0) is 30.3. The van der Waals surface area contributed by atoms with Crippen molar-refractivity contribution in [2.75, 3.05) is 32.8 Å². The van der Waals surface area contributed by atoms with Crippen LogP contribution in [0.25, 0.3) is 0 Å². The largest absolute Gasteiger partial charge is 0.380 e. The molecule has 6 aliphatic rings. The molecule has 7 atom stereocenters. The summed E-state index contributed by atoms with van der Waals surface area (Å²) in [6.07, 6.45) is 16.0. The number of rotatable bonds is 10. The Kier molecular flexibility index (Phi) is 9.79. The summed E-state index contributed by atoms with van der Waals surface area (Å²) < 4.78 is 12.7. The smallest absolute Gasteiger partial charge is 0.0720 e. The van der Waals surface area contributed by atoms with Gasteiger partial charge in [-0.05, 0) is 150 Å². The van der Waals surface area contributed by atoms with Crippen LogP contribution in [0.4, 0.5) is 0 Å². The van der Waals surface area contributed by atoms with E-state index in [9.17, 15) is 0 Å². The molecule has 0 amide bonds. The quantitative estimate of drug-likeness (QED) is 0.277. The minimum Gasteiger partial charge on any atom is -0.380 e. The highest BCUT2D eigenvalue weighted by Gasteiger charge is 2.53. The monoisotopic (exact) mass is 605 g/mol. The fraction of sp³-hybridized carbons (Fsp3) is 0.846. The second-order valence-electron chi connectivity index (χ2n) is 16.9. The second-order valence-corrected chi connectivity index (χ2v) is 16.9. The van der Waals surface area contributed by atoms with Gasteiger partial charge in [0.2, 0.25) is 0 Å². The first-order chi connectivity index (χ1) is 21.3. The number of ether oxygens (including phenoxy) is 2. The normalized spacial score (nSPS) is 41.2. The summed E-state index contributed by atoms with van der Waals surface area (Å²) in [6.45, 7) is 15.7. The molecule has 4 aliphatic carbocycles. The fourth-order valence-corrected chi connectivity index (χ4v) is 11.0. The van der Waals surface area contributed by atoms with E-state index in [1.807, 2.05) is 0 Å². The van der Waals surface area contributed by atoms with E-state index < -0.39 is 0 Å². The number of hydrogen-bond acceptors (Lipinski definition) is 5. The summed E-state index contributed by atoms with van der Waals surface area (Å²) in [5, 5.41) is 8.14. The highest BCUT2D eigenvalue weighted by Crippen LogP contribution is 2.62. The van der Waals surface area contributed by atoms with Crippen LogP contribution in [0.5, 0.6) is 0 Å². The van der Waals surface area contributed by atoms with Crippen LogP contribution in [0.2, 0.25) is 0 Å². The van der Waals surface area contributed by atoms with Gasteiger partial charge < -0.3 is 14.4 Å². The maximum Gasteiger partial charge on any atom is 0.0720 e. The molecule has 1 aromatic carbocycles. The van der Waals surface area contributed by atoms with E-state index in [-0.39, 0.29) is 0 Å². The number of likely N-dealkylation sites (tertiary alicyclic amines) is 1. The molecule has 7 unspecified atom stereocenters. The van der Waals surface area contributed by atoms with Gasteiger partial charge in [-0.15, -0.1) is 0 Å². The van der Waals surface area contributed by atoms with Crippen LogP contribution in [0.15, 0.2) is 24.3 Å². The highest BCUT2D eigenvalue weighted by molar-refractivity contribution is 5.20. The number of hydrogen-bond donors (Lipinski definition) is 2. The number of benzene rings is 1. The SMILES string of the molecule is Cc1ccc(COC2CCC3C(CCC4C(C5CCN(CCOCC6CC7(C6)CC(C(C)C)C7)CC5)NC(C)NC34)C2)cc1. The van der Waals surface area contributed by atoms with Gasteiger partial charge in [-0.3, -0.25) is 10.6 Å². The lowest BCUT2D eigenvalue weighted by atomic mass is 9.47. The number of piperidine rings is 1. The van der Waals surface area contributed by atoms with Gasteiger partial charge in [-0.25, -0.2) is 0 Å². The van der Waals surface area contributed by atoms with Crippen molar-refractivity contribution in [3.05, 3.63) is 35.4 Å². The van der Waals surface area contributed by atoms with Gasteiger partial charge >= 0.3 is 0 Å². The molecule has 1 aromatic rings. The van der Waals surface area contributed by atoms with Crippen molar-refractivity contribution in [3.63, 3.8) is 0 Å². The van der Waals surface area contributed by atoms with Crippen molar-refractivity contribution in [1.29, 1.82) is 0 Å². The number of nitrogens with one attached hydrogen (secondary N) is 2. The summed E-state index contributed by atoms with van der Waals surface area (Å²) >= 11 is 0. The molecule has 0 aromatic heterocycles. The van der Waals surface area contributed by atoms with Gasteiger partial charge in [0, 0.05) is 25.2 Å². The standard InChI is InChI=1S/C39H63N3O2/c1-26(2)33-22-39(23-33)20-30(21-39)24-43-18-17-42-15-13-31(14-16-42)37-36-11-9-32-19-34(44-25-29-7-5-27(3)6-8-29)10-12-35(32)38(36)41-28(4)40-37/h5-8,26,28,30-38,40-41H,9-25H2,1-4H3. The van der Waals surface area contributed by atoms with Crippen LogP contribution < -0.4 is 10.6 Å². The molecular formula is C39H63N3O2. The lowest BCUT2D eigenvalue weighted by Crippen LogP contribution is -2.68. The Morgan fingerprint density at radius 1 is 0.864 bits per heavy atom. The lowest BCUT2D eigenvalue weighted by Gasteiger charge is -2.59. The molecule has 2 heterocycles. The maximum atomic E-state index is 6.48. The van der Waals surface area contributed by atoms with Crippen molar-refractivity contribution in [2.24, 2.45) is 46.8 Å². The van der Waals surface area contributed by atoms with E-state index in [0.717, 1.165) is 73.2 Å². The number of aryl methyl sites for hydroxylation is 1. The first-order valence-electron chi connectivity index (χ1n) is 18.8. The van der Waals surface area contributed by atoms with Crippen LogP contribution >= 0.6 is 0 Å². The zero-order valence-electron chi connectivity index (χ0n) is 28.4. The summed E-state index contributed by atoms with van der Waals surface area (Å²) in [5.41, 5.74) is 3.37. The summed E-state index contributed by atoms with van der Waals surface area (Å²) in [4.78, 5) is 2.69. The number of nitrogens with zero attached hydrogens (tertiary/aromatic N) is 1. The minimum atomic E-state index is 0.420. The van der Waals surface area contributed by atoms with Gasteiger partial charge in [0.25, 0.3) is 0 Å². The molecule has 2 aliphatic heterocycles. The molecule has 1 spiro atoms.